The van der Waals surface area contributed by atoms with Crippen LogP contribution in [-0.4, -0.2) is 33.5 Å². The molecule has 2 heterocycles. The molecular weight excluding hydrogens is 448 g/mol. The normalized spacial score (nSPS) is 10.8. The summed E-state index contributed by atoms with van der Waals surface area (Å²) in [6, 6.07) is 16.7. The molecule has 0 unspecified atom stereocenters. The third kappa shape index (κ3) is 5.15. The molecule has 1 amide bonds. The van der Waals surface area contributed by atoms with Crippen molar-refractivity contribution < 1.29 is 13.9 Å². The second-order valence-corrected chi connectivity index (χ2v) is 8.35. The van der Waals surface area contributed by atoms with Gasteiger partial charge in [-0.2, -0.15) is 0 Å². The van der Waals surface area contributed by atoms with E-state index in [9.17, 15) is 4.79 Å². The minimum absolute atomic E-state index is 0.159. The molecule has 0 aliphatic rings. The van der Waals surface area contributed by atoms with E-state index in [1.54, 1.807) is 19.4 Å². The van der Waals surface area contributed by atoms with Gasteiger partial charge in [-0.15, -0.1) is 10.2 Å². The smallest absolute Gasteiger partial charge is 0.234 e. The van der Waals surface area contributed by atoms with Crippen molar-refractivity contribution in [3.8, 4) is 17.1 Å². The largest absolute Gasteiger partial charge is 0.497 e. The summed E-state index contributed by atoms with van der Waals surface area (Å²) in [5.41, 5.74) is 2.49. The van der Waals surface area contributed by atoms with Crippen LogP contribution in [0.2, 0.25) is 5.02 Å². The topological polar surface area (TPSA) is 82.2 Å². The number of methoxy groups -OCH3 is 1. The quantitative estimate of drug-likeness (QED) is 0.354. The van der Waals surface area contributed by atoms with Crippen molar-refractivity contribution in [2.45, 2.75) is 18.6 Å². The molecule has 2 aromatic heterocycles. The van der Waals surface area contributed by atoms with Crippen LogP contribution >= 0.6 is 23.4 Å². The first kappa shape index (κ1) is 22.0. The zero-order valence-electron chi connectivity index (χ0n) is 17.5. The van der Waals surface area contributed by atoms with Gasteiger partial charge in [-0.3, -0.25) is 9.36 Å². The summed E-state index contributed by atoms with van der Waals surface area (Å²) < 4.78 is 12.7. The van der Waals surface area contributed by atoms with Gasteiger partial charge in [-0.05, 0) is 61.0 Å². The number of furan rings is 1. The van der Waals surface area contributed by atoms with E-state index >= 15 is 0 Å². The molecule has 0 fully saturated rings. The van der Waals surface area contributed by atoms with Crippen molar-refractivity contribution in [3.63, 3.8) is 0 Å². The molecule has 0 bridgehead atoms. The number of anilines is 1. The fourth-order valence-electron chi connectivity index (χ4n) is 3.05. The zero-order chi connectivity index (χ0) is 22.5. The third-order valence-corrected chi connectivity index (χ3v) is 6.12. The monoisotopic (exact) mass is 468 g/mol. The second kappa shape index (κ2) is 9.93. The van der Waals surface area contributed by atoms with Gasteiger partial charge < -0.3 is 14.5 Å². The van der Waals surface area contributed by atoms with Crippen molar-refractivity contribution >= 4 is 35.0 Å². The summed E-state index contributed by atoms with van der Waals surface area (Å²) in [4.78, 5) is 12.5. The van der Waals surface area contributed by atoms with Gasteiger partial charge in [0.15, 0.2) is 11.0 Å². The zero-order valence-corrected chi connectivity index (χ0v) is 19.1. The average Bonchev–Trinajstić information content (AvgIpc) is 3.45. The highest BCUT2D eigenvalue weighted by Crippen LogP contribution is 2.27. The van der Waals surface area contributed by atoms with E-state index in [2.05, 4.69) is 15.5 Å². The van der Waals surface area contributed by atoms with Gasteiger partial charge in [0.1, 0.15) is 11.5 Å². The summed E-state index contributed by atoms with van der Waals surface area (Å²) in [6.45, 7) is 2.36. The van der Waals surface area contributed by atoms with E-state index in [4.69, 9.17) is 20.8 Å². The lowest BCUT2D eigenvalue weighted by Crippen LogP contribution is -2.15. The van der Waals surface area contributed by atoms with Crippen LogP contribution in [-0.2, 0) is 11.3 Å². The third-order valence-electron chi connectivity index (χ3n) is 4.75. The van der Waals surface area contributed by atoms with E-state index in [0.29, 0.717) is 28.2 Å². The SMILES string of the molecule is COc1ccc(-c2nnc(SCC(=O)Nc3ccc(C)c(Cl)c3)n2Cc2ccco2)cc1. The number of carbonyl (C=O) groups excluding carboxylic acids is 1. The van der Waals surface area contributed by atoms with Crippen molar-refractivity contribution in [1.82, 2.24) is 14.8 Å². The van der Waals surface area contributed by atoms with Gasteiger partial charge in [0.25, 0.3) is 0 Å². The number of aromatic nitrogens is 3. The van der Waals surface area contributed by atoms with Crippen LogP contribution < -0.4 is 10.1 Å². The number of nitrogens with one attached hydrogen (secondary N) is 1. The van der Waals surface area contributed by atoms with Gasteiger partial charge >= 0.3 is 0 Å². The first-order valence-corrected chi connectivity index (χ1v) is 11.2. The lowest BCUT2D eigenvalue weighted by Gasteiger charge is -2.10. The van der Waals surface area contributed by atoms with Crippen LogP contribution in [0.15, 0.2) is 70.4 Å². The van der Waals surface area contributed by atoms with E-state index in [1.165, 1.54) is 11.8 Å². The van der Waals surface area contributed by atoms with Gasteiger partial charge in [-0.25, -0.2) is 0 Å². The summed E-state index contributed by atoms with van der Waals surface area (Å²) >= 11 is 7.45. The first-order valence-electron chi connectivity index (χ1n) is 9.82. The predicted molar refractivity (Wildman–Crippen MR) is 125 cm³/mol. The van der Waals surface area contributed by atoms with Crippen LogP contribution in [0.1, 0.15) is 11.3 Å². The molecule has 4 aromatic rings. The van der Waals surface area contributed by atoms with E-state index in [1.807, 2.05) is 60.0 Å². The van der Waals surface area contributed by atoms with Gasteiger partial charge in [0.2, 0.25) is 5.91 Å². The summed E-state index contributed by atoms with van der Waals surface area (Å²) in [5.74, 6) is 2.21. The highest BCUT2D eigenvalue weighted by atomic mass is 35.5. The molecule has 7 nitrogen and oxygen atoms in total. The Hall–Kier alpha value is -3.23. The van der Waals surface area contributed by atoms with E-state index in [0.717, 1.165) is 22.6 Å². The predicted octanol–water partition coefficient (Wildman–Crippen LogP) is 5.29. The van der Waals surface area contributed by atoms with Gasteiger partial charge in [0.05, 0.1) is 25.7 Å². The fraction of sp³-hybridized carbons (Fsp3) is 0.174. The van der Waals surface area contributed by atoms with Crippen molar-refractivity contribution in [1.29, 1.82) is 0 Å². The number of amides is 1. The number of halogens is 1. The Morgan fingerprint density at radius 2 is 2.00 bits per heavy atom. The standard InChI is InChI=1S/C23H21ClN4O3S/c1-15-5-8-17(12-20(15)24)25-21(29)14-32-23-27-26-22(16-6-9-18(30-2)10-7-16)28(23)13-19-4-3-11-31-19/h3-12H,13-14H2,1-2H3,(H,25,29). The number of aryl methyl sites for hydroxylation is 1. The Labute approximate surface area is 194 Å². The summed E-state index contributed by atoms with van der Waals surface area (Å²) in [7, 11) is 1.62. The van der Waals surface area contributed by atoms with Crippen molar-refractivity contribution in [3.05, 3.63) is 77.2 Å². The Bertz CT molecular complexity index is 1210. The van der Waals surface area contributed by atoms with E-state index < -0.39 is 0 Å². The van der Waals surface area contributed by atoms with Crippen LogP contribution in [0.4, 0.5) is 5.69 Å². The molecule has 32 heavy (non-hydrogen) atoms. The number of rotatable bonds is 8. The Morgan fingerprint density at radius 1 is 1.19 bits per heavy atom. The maximum atomic E-state index is 12.5. The lowest BCUT2D eigenvalue weighted by atomic mass is 10.2. The molecule has 0 spiro atoms. The molecule has 2 aromatic carbocycles. The summed E-state index contributed by atoms with van der Waals surface area (Å²) in [5, 5.41) is 12.8. The minimum atomic E-state index is -0.159. The molecule has 0 aliphatic carbocycles. The highest BCUT2D eigenvalue weighted by molar-refractivity contribution is 7.99. The number of hydrogen-bond acceptors (Lipinski definition) is 6. The molecule has 0 aliphatic heterocycles. The maximum Gasteiger partial charge on any atom is 0.234 e. The lowest BCUT2D eigenvalue weighted by molar-refractivity contribution is -0.113. The molecular formula is C23H21ClN4O3S. The number of ether oxygens (including phenoxy) is 1. The Balaban J connectivity index is 1.52. The van der Waals surface area contributed by atoms with Crippen molar-refractivity contribution in [2.24, 2.45) is 0 Å². The molecule has 0 radical (unpaired) electrons. The maximum absolute atomic E-state index is 12.5. The molecule has 0 saturated heterocycles. The number of nitrogens with zero attached hydrogens (tertiary/aromatic N) is 3. The number of hydrogen-bond donors (Lipinski definition) is 1. The highest BCUT2D eigenvalue weighted by Gasteiger charge is 2.17. The first-order chi connectivity index (χ1) is 15.5. The minimum Gasteiger partial charge on any atom is -0.497 e. The average molecular weight is 469 g/mol. The Morgan fingerprint density at radius 3 is 2.69 bits per heavy atom. The number of carbonyl (C=O) groups is 1. The molecule has 0 saturated carbocycles. The second-order valence-electron chi connectivity index (χ2n) is 7.00. The van der Waals surface area contributed by atoms with Crippen LogP contribution in [0.25, 0.3) is 11.4 Å². The molecule has 4 rings (SSSR count). The number of thioether (sulfide) groups is 1. The molecule has 164 valence electrons. The number of benzene rings is 2. The van der Waals surface area contributed by atoms with Gasteiger partial charge in [-0.1, -0.05) is 29.4 Å². The fourth-order valence-corrected chi connectivity index (χ4v) is 3.97. The summed E-state index contributed by atoms with van der Waals surface area (Å²) in [6.07, 6.45) is 1.62. The Kier molecular flexibility index (Phi) is 6.82. The molecule has 9 heteroatoms. The molecule has 1 N–H and O–H groups in total. The molecule has 0 atom stereocenters. The van der Waals surface area contributed by atoms with E-state index in [-0.39, 0.29) is 11.7 Å². The van der Waals surface area contributed by atoms with Crippen LogP contribution in [0.5, 0.6) is 5.75 Å². The van der Waals surface area contributed by atoms with Crippen molar-refractivity contribution in [2.75, 3.05) is 18.2 Å². The van der Waals surface area contributed by atoms with Crippen LogP contribution in [0, 0.1) is 6.92 Å². The van der Waals surface area contributed by atoms with Crippen LogP contribution in [0.3, 0.4) is 0 Å². The van der Waals surface area contributed by atoms with Gasteiger partial charge in [0, 0.05) is 16.3 Å².